The van der Waals surface area contributed by atoms with Crippen molar-refractivity contribution in [2.75, 3.05) is 0 Å². The Morgan fingerprint density at radius 1 is 1.31 bits per heavy atom. The van der Waals surface area contributed by atoms with Crippen molar-refractivity contribution in [3.8, 4) is 0 Å². The van der Waals surface area contributed by atoms with Crippen molar-refractivity contribution in [3.05, 3.63) is 47.0 Å². The van der Waals surface area contributed by atoms with E-state index in [1.807, 2.05) is 24.3 Å². The zero-order valence-electron chi connectivity index (χ0n) is 8.97. The molecule has 2 rings (SSSR count). The van der Waals surface area contributed by atoms with Crippen molar-refractivity contribution in [1.29, 1.82) is 0 Å². The van der Waals surface area contributed by atoms with Gasteiger partial charge in [-0.05, 0) is 17.7 Å². The number of hydrogen-bond donors (Lipinski definition) is 1. The van der Waals surface area contributed by atoms with Crippen LogP contribution in [0.5, 0.6) is 0 Å². The molecule has 86 valence electrons. The van der Waals surface area contributed by atoms with Crippen molar-refractivity contribution >= 4 is 15.9 Å². The Morgan fingerprint density at radius 2 is 2.00 bits per heavy atom. The number of halogens is 1. The lowest BCUT2D eigenvalue weighted by molar-refractivity contribution is -0.0776. The fourth-order valence-corrected chi connectivity index (χ4v) is 2.24. The minimum Gasteiger partial charge on any atom is -0.393 e. The second-order valence-electron chi connectivity index (χ2n) is 4.08. The van der Waals surface area contributed by atoms with Gasteiger partial charge in [0.05, 0.1) is 18.3 Å². The summed E-state index contributed by atoms with van der Waals surface area (Å²) in [5.74, 6) is 0. The van der Waals surface area contributed by atoms with Crippen molar-refractivity contribution in [2.24, 2.45) is 0 Å². The van der Waals surface area contributed by atoms with E-state index in [4.69, 9.17) is 4.74 Å². The maximum absolute atomic E-state index is 9.76. The first-order valence-electron chi connectivity index (χ1n) is 5.40. The molecule has 3 atom stereocenters. The van der Waals surface area contributed by atoms with Crippen LogP contribution in [-0.4, -0.2) is 17.3 Å². The number of benzene rings is 1. The van der Waals surface area contributed by atoms with Gasteiger partial charge < -0.3 is 9.84 Å². The fraction of sp³-hybridized carbons (Fsp3) is 0.385. The number of ether oxygens (including phenoxy) is 1. The van der Waals surface area contributed by atoms with Gasteiger partial charge in [-0.15, -0.1) is 6.58 Å². The maximum atomic E-state index is 9.76. The molecule has 2 nitrogen and oxygen atoms in total. The third-order valence-corrected chi connectivity index (χ3v) is 3.36. The summed E-state index contributed by atoms with van der Waals surface area (Å²) in [6, 6.07) is 8.02. The summed E-state index contributed by atoms with van der Waals surface area (Å²) in [7, 11) is 0. The average Bonchev–Trinajstić information content (AvgIpc) is 2.29. The van der Waals surface area contributed by atoms with Gasteiger partial charge in [0.2, 0.25) is 0 Å². The second kappa shape index (κ2) is 5.13. The molecule has 0 radical (unpaired) electrons. The van der Waals surface area contributed by atoms with Crippen molar-refractivity contribution < 1.29 is 9.84 Å². The number of aliphatic hydroxyl groups excluding tert-OH is 1. The van der Waals surface area contributed by atoms with Crippen LogP contribution in [0.15, 0.2) is 41.4 Å². The molecule has 0 bridgehead atoms. The molecule has 0 saturated carbocycles. The van der Waals surface area contributed by atoms with Crippen LogP contribution in [0.3, 0.4) is 0 Å². The predicted molar refractivity (Wildman–Crippen MR) is 67.2 cm³/mol. The topological polar surface area (TPSA) is 29.5 Å². The van der Waals surface area contributed by atoms with Crippen molar-refractivity contribution in [2.45, 2.75) is 31.2 Å². The van der Waals surface area contributed by atoms with Crippen LogP contribution in [0.25, 0.3) is 0 Å². The standard InChI is InChI=1S/C13H15BrO2/c1-2-12-7-11(15)8-13(16-12)9-3-5-10(14)6-4-9/h2-6,11-13,15H,1,7-8H2/t11?,12-,13+/m1/s1. The molecule has 3 heteroatoms. The Morgan fingerprint density at radius 3 is 2.62 bits per heavy atom. The quantitative estimate of drug-likeness (QED) is 0.844. The Bertz CT molecular complexity index is 361. The largest absolute Gasteiger partial charge is 0.393 e. The molecule has 1 saturated heterocycles. The number of aliphatic hydroxyl groups is 1. The molecule has 16 heavy (non-hydrogen) atoms. The summed E-state index contributed by atoms with van der Waals surface area (Å²) < 4.78 is 6.89. The molecule has 1 aromatic rings. The summed E-state index contributed by atoms with van der Waals surface area (Å²) in [4.78, 5) is 0. The number of hydrogen-bond acceptors (Lipinski definition) is 2. The van der Waals surface area contributed by atoms with E-state index in [0.29, 0.717) is 12.8 Å². The van der Waals surface area contributed by atoms with E-state index in [2.05, 4.69) is 22.5 Å². The predicted octanol–water partition coefficient (Wildman–Crippen LogP) is 3.22. The summed E-state index contributed by atoms with van der Waals surface area (Å²) in [6.45, 7) is 3.72. The maximum Gasteiger partial charge on any atom is 0.0857 e. The molecule has 0 amide bonds. The molecule has 1 aliphatic heterocycles. The minimum absolute atomic E-state index is 0.0279. The molecule has 1 aromatic carbocycles. The number of rotatable bonds is 2. The minimum atomic E-state index is -0.301. The molecule has 1 N–H and O–H groups in total. The summed E-state index contributed by atoms with van der Waals surface area (Å²) in [5.41, 5.74) is 1.11. The van der Waals surface area contributed by atoms with E-state index in [0.717, 1.165) is 10.0 Å². The molecule has 1 fully saturated rings. The lowest BCUT2D eigenvalue weighted by atomic mass is 9.96. The molecule has 0 aromatic heterocycles. The molecule has 1 unspecified atom stereocenters. The Balaban J connectivity index is 2.14. The van der Waals surface area contributed by atoms with Gasteiger partial charge in [0.1, 0.15) is 0 Å². The van der Waals surface area contributed by atoms with Gasteiger partial charge in [0.25, 0.3) is 0 Å². The Kier molecular flexibility index (Phi) is 3.79. The highest BCUT2D eigenvalue weighted by atomic mass is 79.9. The smallest absolute Gasteiger partial charge is 0.0857 e. The lowest BCUT2D eigenvalue weighted by Gasteiger charge is -2.31. The van der Waals surface area contributed by atoms with Crippen LogP contribution in [-0.2, 0) is 4.74 Å². The van der Waals surface area contributed by atoms with Gasteiger partial charge in [0.15, 0.2) is 0 Å². The van der Waals surface area contributed by atoms with Crippen LogP contribution in [0, 0.1) is 0 Å². The molecule has 1 aliphatic rings. The Hall–Kier alpha value is -0.640. The highest BCUT2D eigenvalue weighted by molar-refractivity contribution is 9.10. The first kappa shape index (κ1) is 11.8. The normalized spacial score (nSPS) is 30.0. The van der Waals surface area contributed by atoms with Gasteiger partial charge in [0, 0.05) is 17.3 Å². The van der Waals surface area contributed by atoms with E-state index in [9.17, 15) is 5.11 Å². The summed E-state index contributed by atoms with van der Waals surface area (Å²) >= 11 is 3.40. The van der Waals surface area contributed by atoms with Crippen LogP contribution in [0.4, 0.5) is 0 Å². The molecular formula is C13H15BrO2. The van der Waals surface area contributed by atoms with Crippen LogP contribution < -0.4 is 0 Å². The van der Waals surface area contributed by atoms with E-state index in [-0.39, 0.29) is 18.3 Å². The van der Waals surface area contributed by atoms with Crippen LogP contribution in [0.2, 0.25) is 0 Å². The van der Waals surface area contributed by atoms with Crippen molar-refractivity contribution in [3.63, 3.8) is 0 Å². The van der Waals surface area contributed by atoms with E-state index in [1.54, 1.807) is 6.08 Å². The van der Waals surface area contributed by atoms with E-state index in [1.165, 1.54) is 0 Å². The van der Waals surface area contributed by atoms with Crippen LogP contribution >= 0.6 is 15.9 Å². The first-order chi connectivity index (χ1) is 7.69. The molecule has 0 aliphatic carbocycles. The zero-order chi connectivity index (χ0) is 11.5. The van der Waals surface area contributed by atoms with Crippen LogP contribution in [0.1, 0.15) is 24.5 Å². The zero-order valence-corrected chi connectivity index (χ0v) is 10.6. The fourth-order valence-electron chi connectivity index (χ4n) is 1.98. The van der Waals surface area contributed by atoms with E-state index < -0.39 is 0 Å². The summed E-state index contributed by atoms with van der Waals surface area (Å²) in [6.07, 6.45) is 2.69. The third-order valence-electron chi connectivity index (χ3n) is 2.83. The van der Waals surface area contributed by atoms with Gasteiger partial charge >= 0.3 is 0 Å². The third kappa shape index (κ3) is 2.73. The van der Waals surface area contributed by atoms with Crippen molar-refractivity contribution in [1.82, 2.24) is 0 Å². The van der Waals surface area contributed by atoms with Gasteiger partial charge in [-0.1, -0.05) is 34.1 Å². The molecule has 1 heterocycles. The lowest BCUT2D eigenvalue weighted by Crippen LogP contribution is -2.29. The molecular weight excluding hydrogens is 268 g/mol. The van der Waals surface area contributed by atoms with E-state index >= 15 is 0 Å². The van der Waals surface area contributed by atoms with Gasteiger partial charge in [-0.25, -0.2) is 0 Å². The SMILES string of the molecule is C=C[C@@H]1CC(O)C[C@@H](c2ccc(Br)cc2)O1. The highest BCUT2D eigenvalue weighted by Crippen LogP contribution is 2.32. The Labute approximate surface area is 104 Å². The summed E-state index contributed by atoms with van der Waals surface area (Å²) in [5, 5.41) is 9.76. The first-order valence-corrected chi connectivity index (χ1v) is 6.20. The highest BCUT2D eigenvalue weighted by Gasteiger charge is 2.27. The second-order valence-corrected chi connectivity index (χ2v) is 4.99. The molecule has 0 spiro atoms. The van der Waals surface area contributed by atoms with Gasteiger partial charge in [-0.2, -0.15) is 0 Å². The average molecular weight is 283 g/mol. The monoisotopic (exact) mass is 282 g/mol. The van der Waals surface area contributed by atoms with Gasteiger partial charge in [-0.3, -0.25) is 0 Å².